The minimum Gasteiger partial charge on any atom is -0.395 e. The van der Waals surface area contributed by atoms with E-state index in [1.807, 2.05) is 12.1 Å². The lowest BCUT2D eigenvalue weighted by atomic mass is 10.1. The second-order valence-corrected chi connectivity index (χ2v) is 3.57. The predicted octanol–water partition coefficient (Wildman–Crippen LogP) is 0.444. The fourth-order valence-corrected chi connectivity index (χ4v) is 1.55. The topological polar surface area (TPSA) is 84.1 Å². The molecule has 0 aliphatic carbocycles. The summed E-state index contributed by atoms with van der Waals surface area (Å²) in [6, 6.07) is 3.55. The van der Waals surface area contributed by atoms with Crippen molar-refractivity contribution in [3.05, 3.63) is 41.8 Å². The van der Waals surface area contributed by atoms with E-state index >= 15 is 0 Å². The second kappa shape index (κ2) is 5.51. The summed E-state index contributed by atoms with van der Waals surface area (Å²) in [6.07, 6.45) is 3.44. The highest BCUT2D eigenvalue weighted by atomic mass is 16.5. The van der Waals surface area contributed by atoms with Crippen LogP contribution in [-0.4, -0.2) is 33.4 Å². The van der Waals surface area contributed by atoms with Gasteiger partial charge in [-0.15, -0.1) is 0 Å². The van der Waals surface area contributed by atoms with Crippen LogP contribution in [-0.2, 0) is 0 Å². The van der Waals surface area contributed by atoms with E-state index in [0.717, 1.165) is 5.56 Å². The van der Waals surface area contributed by atoms with Gasteiger partial charge in [0.05, 0.1) is 12.6 Å². The monoisotopic (exact) mass is 234 g/mol. The highest BCUT2D eigenvalue weighted by molar-refractivity contribution is 5.20. The Kier molecular flexibility index (Phi) is 3.79. The Labute approximate surface area is 98.7 Å². The van der Waals surface area contributed by atoms with Gasteiger partial charge in [-0.2, -0.15) is 4.98 Å². The molecule has 0 spiro atoms. The maximum Gasteiger partial charge on any atom is 0.223 e. The van der Waals surface area contributed by atoms with Gasteiger partial charge in [-0.3, -0.25) is 4.98 Å². The summed E-state index contributed by atoms with van der Waals surface area (Å²) >= 11 is 0. The zero-order chi connectivity index (χ0) is 12.1. The Hall–Kier alpha value is -1.79. The van der Waals surface area contributed by atoms with Gasteiger partial charge in [0.2, 0.25) is 5.89 Å². The molecule has 1 atom stereocenters. The number of nitrogens with one attached hydrogen (secondary N) is 1. The van der Waals surface area contributed by atoms with Crippen molar-refractivity contribution in [3.63, 3.8) is 0 Å². The first kappa shape index (κ1) is 11.7. The van der Waals surface area contributed by atoms with E-state index in [-0.39, 0.29) is 12.6 Å². The molecule has 6 heteroatoms. The van der Waals surface area contributed by atoms with Crippen molar-refractivity contribution in [2.24, 2.45) is 0 Å². The third-order valence-electron chi connectivity index (χ3n) is 2.28. The van der Waals surface area contributed by atoms with Gasteiger partial charge in [-0.25, -0.2) is 0 Å². The average Bonchev–Trinajstić information content (AvgIpc) is 2.78. The highest BCUT2D eigenvalue weighted by Crippen LogP contribution is 2.18. The molecule has 17 heavy (non-hydrogen) atoms. The summed E-state index contributed by atoms with van der Waals surface area (Å²) in [5.74, 6) is 1.06. The maximum absolute atomic E-state index is 8.87. The first-order valence-electron chi connectivity index (χ1n) is 5.35. The van der Waals surface area contributed by atoms with E-state index in [9.17, 15) is 0 Å². The molecular weight excluding hydrogens is 220 g/mol. The number of aliphatic hydroxyl groups is 1. The van der Waals surface area contributed by atoms with Gasteiger partial charge in [0.1, 0.15) is 0 Å². The fraction of sp³-hybridized carbons (Fsp3) is 0.364. The summed E-state index contributed by atoms with van der Waals surface area (Å²) in [4.78, 5) is 8.25. The Morgan fingerprint density at radius 1 is 1.53 bits per heavy atom. The molecule has 2 N–H and O–H groups in total. The van der Waals surface area contributed by atoms with Crippen LogP contribution in [0.2, 0.25) is 0 Å². The highest BCUT2D eigenvalue weighted by Gasteiger charge is 2.18. The van der Waals surface area contributed by atoms with Crippen molar-refractivity contribution < 1.29 is 9.63 Å². The van der Waals surface area contributed by atoms with Crippen LogP contribution in [0.1, 0.15) is 23.3 Å². The summed E-state index contributed by atoms with van der Waals surface area (Å²) in [7, 11) is 0. The molecule has 0 aromatic carbocycles. The van der Waals surface area contributed by atoms with Gasteiger partial charge < -0.3 is 14.9 Å². The van der Waals surface area contributed by atoms with E-state index in [2.05, 4.69) is 20.4 Å². The molecular formula is C11H14N4O2. The lowest BCUT2D eigenvalue weighted by molar-refractivity contribution is 0.286. The van der Waals surface area contributed by atoms with Crippen LogP contribution in [0, 0.1) is 6.92 Å². The SMILES string of the molecule is Cc1nc([C@H](NCCO)c2cccnc2)no1. The van der Waals surface area contributed by atoms with Crippen molar-refractivity contribution in [2.75, 3.05) is 13.2 Å². The molecule has 90 valence electrons. The lowest BCUT2D eigenvalue weighted by Gasteiger charge is -2.14. The van der Waals surface area contributed by atoms with Crippen LogP contribution in [0.25, 0.3) is 0 Å². The van der Waals surface area contributed by atoms with E-state index in [0.29, 0.717) is 18.3 Å². The molecule has 2 rings (SSSR count). The molecule has 0 radical (unpaired) electrons. The van der Waals surface area contributed by atoms with Crippen LogP contribution in [0.4, 0.5) is 0 Å². The number of rotatable bonds is 5. The molecule has 0 fully saturated rings. The molecule has 0 saturated heterocycles. The van der Waals surface area contributed by atoms with Crippen molar-refractivity contribution in [1.29, 1.82) is 0 Å². The molecule has 0 aliphatic rings. The first-order valence-corrected chi connectivity index (χ1v) is 5.35. The van der Waals surface area contributed by atoms with Crippen molar-refractivity contribution in [1.82, 2.24) is 20.4 Å². The molecule has 0 amide bonds. The van der Waals surface area contributed by atoms with Crippen LogP contribution in [0.15, 0.2) is 29.0 Å². The second-order valence-electron chi connectivity index (χ2n) is 3.57. The van der Waals surface area contributed by atoms with Gasteiger partial charge in [0, 0.05) is 25.9 Å². The van der Waals surface area contributed by atoms with E-state index in [4.69, 9.17) is 9.63 Å². The molecule has 2 aromatic heterocycles. The third kappa shape index (κ3) is 2.86. The summed E-state index contributed by atoms with van der Waals surface area (Å²) in [5.41, 5.74) is 0.932. The molecule has 0 bridgehead atoms. The van der Waals surface area contributed by atoms with Crippen molar-refractivity contribution in [2.45, 2.75) is 13.0 Å². The average molecular weight is 234 g/mol. The van der Waals surface area contributed by atoms with E-state index in [1.165, 1.54) is 0 Å². The summed E-state index contributed by atoms with van der Waals surface area (Å²) in [5, 5.41) is 15.9. The number of aromatic nitrogens is 3. The Morgan fingerprint density at radius 2 is 2.41 bits per heavy atom. The molecule has 0 saturated carbocycles. The summed E-state index contributed by atoms with van der Waals surface area (Å²) in [6.45, 7) is 2.24. The number of nitrogens with zero attached hydrogens (tertiary/aromatic N) is 3. The first-order chi connectivity index (χ1) is 8.31. The zero-order valence-corrected chi connectivity index (χ0v) is 9.50. The zero-order valence-electron chi connectivity index (χ0n) is 9.50. The molecule has 0 aliphatic heterocycles. The number of aryl methyl sites for hydroxylation is 1. The van der Waals surface area contributed by atoms with Crippen LogP contribution in [0.5, 0.6) is 0 Å². The van der Waals surface area contributed by atoms with Crippen LogP contribution >= 0.6 is 0 Å². The Balaban J connectivity index is 2.25. The number of hydrogen-bond acceptors (Lipinski definition) is 6. The maximum atomic E-state index is 8.87. The Bertz CT molecular complexity index is 458. The minimum atomic E-state index is -0.215. The third-order valence-corrected chi connectivity index (χ3v) is 2.28. The van der Waals surface area contributed by atoms with Gasteiger partial charge in [-0.05, 0) is 11.6 Å². The van der Waals surface area contributed by atoms with Crippen LogP contribution < -0.4 is 5.32 Å². The van der Waals surface area contributed by atoms with Crippen molar-refractivity contribution in [3.8, 4) is 0 Å². The van der Waals surface area contributed by atoms with Gasteiger partial charge in [0.25, 0.3) is 0 Å². The quantitative estimate of drug-likeness (QED) is 0.781. The predicted molar refractivity (Wildman–Crippen MR) is 60.2 cm³/mol. The lowest BCUT2D eigenvalue weighted by Crippen LogP contribution is -2.26. The molecule has 2 heterocycles. The summed E-state index contributed by atoms with van der Waals surface area (Å²) < 4.78 is 4.96. The number of aliphatic hydroxyl groups excluding tert-OH is 1. The smallest absolute Gasteiger partial charge is 0.223 e. The van der Waals surface area contributed by atoms with E-state index in [1.54, 1.807) is 19.3 Å². The van der Waals surface area contributed by atoms with Crippen LogP contribution in [0.3, 0.4) is 0 Å². The number of hydrogen-bond donors (Lipinski definition) is 2. The largest absolute Gasteiger partial charge is 0.395 e. The Morgan fingerprint density at radius 3 is 3.00 bits per heavy atom. The van der Waals surface area contributed by atoms with Gasteiger partial charge in [-0.1, -0.05) is 11.2 Å². The van der Waals surface area contributed by atoms with Gasteiger partial charge >= 0.3 is 0 Å². The molecule has 6 nitrogen and oxygen atoms in total. The van der Waals surface area contributed by atoms with Gasteiger partial charge in [0.15, 0.2) is 5.82 Å². The number of pyridine rings is 1. The van der Waals surface area contributed by atoms with E-state index < -0.39 is 0 Å². The molecule has 0 unspecified atom stereocenters. The van der Waals surface area contributed by atoms with Crippen molar-refractivity contribution >= 4 is 0 Å². The minimum absolute atomic E-state index is 0.0492. The fourth-order valence-electron chi connectivity index (χ4n) is 1.55. The standard InChI is InChI=1S/C11H14N4O2/c1-8-14-11(15-17-8)10(13-5-6-16)9-3-2-4-12-7-9/h2-4,7,10,13,16H,5-6H2,1H3/t10-/m1/s1. The molecule has 2 aromatic rings. The normalized spacial score (nSPS) is 12.6.